The predicted molar refractivity (Wildman–Crippen MR) is 73.3 cm³/mol. The van der Waals surface area contributed by atoms with Crippen LogP contribution in [0.25, 0.3) is 0 Å². The summed E-state index contributed by atoms with van der Waals surface area (Å²) in [5.41, 5.74) is 1.88. The molecule has 0 N–H and O–H groups in total. The van der Waals surface area contributed by atoms with E-state index in [1.54, 1.807) is 4.90 Å². The third-order valence-corrected chi connectivity index (χ3v) is 2.85. The Kier molecular flexibility index (Phi) is 6.20. The minimum absolute atomic E-state index is 0.105. The molecule has 1 heterocycles. The lowest BCUT2D eigenvalue weighted by Crippen LogP contribution is -2.36. The van der Waals surface area contributed by atoms with Gasteiger partial charge >= 0.3 is 6.15 Å². The number of carbonyl (C=O) groups excluding carboxylic acids is 3. The quantitative estimate of drug-likeness (QED) is 0.793. The number of piperidine rings is 1. The van der Waals surface area contributed by atoms with E-state index in [0.29, 0.717) is 19.6 Å². The SMILES string of the molecule is C=C1CCN(c2ccccc2OCC)C(=O)C1.O=C=O. The fraction of sp³-hybridized carbons (Fsp3) is 0.333. The van der Waals surface area contributed by atoms with Crippen LogP contribution in [-0.2, 0) is 14.4 Å². The maximum absolute atomic E-state index is 12.0. The topological polar surface area (TPSA) is 63.7 Å². The molecule has 5 nitrogen and oxygen atoms in total. The van der Waals surface area contributed by atoms with E-state index < -0.39 is 0 Å². The van der Waals surface area contributed by atoms with Crippen LogP contribution in [0.4, 0.5) is 5.69 Å². The van der Waals surface area contributed by atoms with Gasteiger partial charge in [-0.2, -0.15) is 9.59 Å². The molecule has 1 aromatic carbocycles. The largest absolute Gasteiger partial charge is 0.492 e. The first kappa shape index (κ1) is 15.7. The number of carbonyl (C=O) groups is 1. The van der Waals surface area contributed by atoms with Gasteiger partial charge in [0.25, 0.3) is 0 Å². The number of ether oxygens (including phenoxy) is 1. The molecule has 20 heavy (non-hydrogen) atoms. The number of benzene rings is 1. The minimum atomic E-state index is 0.105. The van der Waals surface area contributed by atoms with Gasteiger partial charge in [-0.05, 0) is 25.5 Å². The summed E-state index contributed by atoms with van der Waals surface area (Å²) in [7, 11) is 0. The molecule has 1 amide bonds. The summed E-state index contributed by atoms with van der Waals surface area (Å²) in [6.45, 7) is 7.11. The van der Waals surface area contributed by atoms with Gasteiger partial charge < -0.3 is 9.64 Å². The van der Waals surface area contributed by atoms with Crippen LogP contribution in [0.1, 0.15) is 19.8 Å². The standard InChI is InChI=1S/C14H17NO2.CO2/c1-3-17-13-7-5-4-6-12(13)15-9-8-11(2)10-14(15)16;2-1-3/h4-7H,2-3,8-10H2,1H3;. The van der Waals surface area contributed by atoms with Gasteiger partial charge in [0.1, 0.15) is 5.75 Å². The Hall–Kier alpha value is -2.39. The Labute approximate surface area is 117 Å². The summed E-state index contributed by atoms with van der Waals surface area (Å²) < 4.78 is 5.55. The molecule has 0 saturated carbocycles. The predicted octanol–water partition coefficient (Wildman–Crippen LogP) is 2.18. The van der Waals surface area contributed by atoms with E-state index in [1.807, 2.05) is 31.2 Å². The Balaban J connectivity index is 0.000000612. The average molecular weight is 275 g/mol. The van der Waals surface area contributed by atoms with Crippen molar-refractivity contribution in [1.82, 2.24) is 0 Å². The molecule has 0 aliphatic carbocycles. The summed E-state index contributed by atoms with van der Waals surface area (Å²) in [6.07, 6.45) is 1.56. The lowest BCUT2D eigenvalue weighted by Gasteiger charge is -2.29. The normalized spacial score (nSPS) is 14.2. The summed E-state index contributed by atoms with van der Waals surface area (Å²) >= 11 is 0. The first-order valence-corrected chi connectivity index (χ1v) is 6.32. The van der Waals surface area contributed by atoms with Gasteiger partial charge in [-0.25, -0.2) is 0 Å². The van der Waals surface area contributed by atoms with E-state index in [9.17, 15) is 4.79 Å². The Morgan fingerprint density at radius 1 is 1.35 bits per heavy atom. The zero-order chi connectivity index (χ0) is 15.0. The second-order valence-electron chi connectivity index (χ2n) is 4.21. The van der Waals surface area contributed by atoms with Crippen LogP contribution in [0.15, 0.2) is 36.4 Å². The van der Waals surface area contributed by atoms with E-state index >= 15 is 0 Å². The molecule has 0 radical (unpaired) electrons. The van der Waals surface area contributed by atoms with Crippen molar-refractivity contribution in [3.63, 3.8) is 0 Å². The number of nitrogens with zero attached hydrogens (tertiary/aromatic N) is 1. The van der Waals surface area contributed by atoms with E-state index in [-0.39, 0.29) is 12.1 Å². The van der Waals surface area contributed by atoms with Gasteiger partial charge in [0.15, 0.2) is 0 Å². The van der Waals surface area contributed by atoms with Crippen molar-refractivity contribution in [2.45, 2.75) is 19.8 Å². The molecule has 1 aliphatic rings. The lowest BCUT2D eigenvalue weighted by atomic mass is 10.0. The molecule has 1 fully saturated rings. The first-order valence-electron chi connectivity index (χ1n) is 6.32. The Morgan fingerprint density at radius 3 is 2.60 bits per heavy atom. The van der Waals surface area contributed by atoms with E-state index in [2.05, 4.69) is 6.58 Å². The maximum atomic E-state index is 12.0. The van der Waals surface area contributed by atoms with Crippen molar-refractivity contribution in [2.24, 2.45) is 0 Å². The number of anilines is 1. The highest BCUT2D eigenvalue weighted by atomic mass is 16.5. The van der Waals surface area contributed by atoms with Crippen LogP contribution < -0.4 is 9.64 Å². The minimum Gasteiger partial charge on any atom is -0.492 e. The van der Waals surface area contributed by atoms with Gasteiger partial charge in [-0.3, -0.25) is 4.79 Å². The summed E-state index contributed by atoms with van der Waals surface area (Å²) in [5.74, 6) is 0.879. The highest BCUT2D eigenvalue weighted by Crippen LogP contribution is 2.31. The first-order chi connectivity index (χ1) is 9.63. The van der Waals surface area contributed by atoms with Crippen molar-refractivity contribution >= 4 is 17.7 Å². The van der Waals surface area contributed by atoms with Crippen molar-refractivity contribution in [2.75, 3.05) is 18.1 Å². The molecule has 0 aromatic heterocycles. The number of hydrogen-bond acceptors (Lipinski definition) is 4. The van der Waals surface area contributed by atoms with E-state index in [0.717, 1.165) is 23.4 Å². The van der Waals surface area contributed by atoms with E-state index in [1.165, 1.54) is 0 Å². The van der Waals surface area contributed by atoms with Crippen LogP contribution in [-0.4, -0.2) is 25.2 Å². The third kappa shape index (κ3) is 4.07. The lowest BCUT2D eigenvalue weighted by molar-refractivity contribution is -0.191. The molecule has 1 saturated heterocycles. The maximum Gasteiger partial charge on any atom is 0.373 e. The van der Waals surface area contributed by atoms with Crippen LogP contribution in [0, 0.1) is 0 Å². The van der Waals surface area contributed by atoms with E-state index in [4.69, 9.17) is 14.3 Å². The number of para-hydroxylation sites is 2. The molecule has 106 valence electrons. The molecule has 0 bridgehead atoms. The highest BCUT2D eigenvalue weighted by Gasteiger charge is 2.23. The van der Waals surface area contributed by atoms with Gasteiger partial charge in [0.05, 0.1) is 12.3 Å². The Bertz CT molecular complexity index is 518. The fourth-order valence-corrected chi connectivity index (χ4v) is 2.00. The molecular formula is C15H17NO4. The molecule has 5 heteroatoms. The molecule has 2 rings (SSSR count). The highest BCUT2D eigenvalue weighted by molar-refractivity contribution is 5.97. The molecule has 1 aliphatic heterocycles. The summed E-state index contributed by atoms with van der Waals surface area (Å²) in [5, 5.41) is 0. The van der Waals surface area contributed by atoms with Crippen molar-refractivity contribution in [3.05, 3.63) is 36.4 Å². The van der Waals surface area contributed by atoms with Crippen LogP contribution in [0.3, 0.4) is 0 Å². The Morgan fingerprint density at radius 2 is 2.00 bits per heavy atom. The number of amides is 1. The summed E-state index contributed by atoms with van der Waals surface area (Å²) in [4.78, 5) is 30.0. The van der Waals surface area contributed by atoms with Gasteiger partial charge in [0, 0.05) is 13.0 Å². The van der Waals surface area contributed by atoms with Gasteiger partial charge in [-0.15, -0.1) is 0 Å². The molecule has 1 aromatic rings. The smallest absolute Gasteiger partial charge is 0.373 e. The second kappa shape index (κ2) is 7.92. The zero-order valence-corrected chi connectivity index (χ0v) is 11.4. The molecule has 0 spiro atoms. The van der Waals surface area contributed by atoms with Crippen molar-refractivity contribution < 1.29 is 19.1 Å². The number of rotatable bonds is 3. The number of hydrogen-bond donors (Lipinski definition) is 0. The second-order valence-corrected chi connectivity index (χ2v) is 4.21. The van der Waals surface area contributed by atoms with Crippen molar-refractivity contribution in [1.29, 1.82) is 0 Å². The third-order valence-electron chi connectivity index (χ3n) is 2.85. The fourth-order valence-electron chi connectivity index (χ4n) is 2.00. The molecule has 0 unspecified atom stereocenters. The molecule has 0 atom stereocenters. The van der Waals surface area contributed by atoms with Crippen LogP contribution in [0.2, 0.25) is 0 Å². The zero-order valence-electron chi connectivity index (χ0n) is 11.4. The van der Waals surface area contributed by atoms with Crippen LogP contribution in [0.5, 0.6) is 5.75 Å². The van der Waals surface area contributed by atoms with Crippen LogP contribution >= 0.6 is 0 Å². The monoisotopic (exact) mass is 275 g/mol. The average Bonchev–Trinajstić information content (AvgIpc) is 2.41. The summed E-state index contributed by atoms with van der Waals surface area (Å²) in [6, 6.07) is 7.67. The van der Waals surface area contributed by atoms with Gasteiger partial charge in [-0.1, -0.05) is 24.3 Å². The molecular weight excluding hydrogens is 258 g/mol. The van der Waals surface area contributed by atoms with Crippen molar-refractivity contribution in [3.8, 4) is 5.75 Å². The van der Waals surface area contributed by atoms with Gasteiger partial charge in [0.2, 0.25) is 5.91 Å².